The Kier molecular flexibility index (Phi) is 14.0. The van der Waals surface area contributed by atoms with Gasteiger partial charge in [0.1, 0.15) is 5.75 Å². The summed E-state index contributed by atoms with van der Waals surface area (Å²) in [6.45, 7) is 4.21. The minimum absolute atomic E-state index is 0.0153. The molecule has 0 aromatic heterocycles. The number of allylic oxidation sites excluding steroid dienone is 2. The van der Waals surface area contributed by atoms with Crippen molar-refractivity contribution >= 4 is 11.6 Å². The van der Waals surface area contributed by atoms with Crippen LogP contribution in [-0.2, 0) is 4.79 Å². The topological polar surface area (TPSA) is 49.3 Å². The fourth-order valence-corrected chi connectivity index (χ4v) is 3.32. The SMILES string of the molecule is CCCCCCCCC=CCCCCCCCC(=O)Nc1cc(C)ccc1O. The normalized spacial score (nSPS) is 11.2. The standard InChI is InChI=1S/C25H41NO2/c1-3-4-5-6-7-8-9-10-11-12-13-14-15-16-17-18-25(28)26-23-21-22(2)19-20-24(23)27/h10-11,19-21,27H,3-9,12-18H2,1-2H3,(H,26,28). The summed E-state index contributed by atoms with van der Waals surface area (Å²) >= 11 is 0. The van der Waals surface area contributed by atoms with E-state index in [9.17, 15) is 9.90 Å². The lowest BCUT2D eigenvalue weighted by atomic mass is 10.1. The van der Waals surface area contributed by atoms with Gasteiger partial charge in [-0.2, -0.15) is 0 Å². The number of unbranched alkanes of at least 4 members (excludes halogenated alkanes) is 11. The van der Waals surface area contributed by atoms with Crippen LogP contribution in [0.5, 0.6) is 5.75 Å². The molecule has 0 saturated carbocycles. The second kappa shape index (κ2) is 16.2. The molecule has 158 valence electrons. The first kappa shape index (κ1) is 24.3. The molecular weight excluding hydrogens is 346 g/mol. The van der Waals surface area contributed by atoms with Gasteiger partial charge in [0.2, 0.25) is 5.91 Å². The van der Waals surface area contributed by atoms with Gasteiger partial charge in [-0.15, -0.1) is 0 Å². The Hall–Kier alpha value is -1.77. The van der Waals surface area contributed by atoms with Crippen molar-refractivity contribution in [3.05, 3.63) is 35.9 Å². The number of amides is 1. The van der Waals surface area contributed by atoms with E-state index in [0.717, 1.165) is 18.4 Å². The van der Waals surface area contributed by atoms with Crippen LogP contribution in [0.3, 0.4) is 0 Å². The van der Waals surface area contributed by atoms with Gasteiger partial charge in [-0.25, -0.2) is 0 Å². The number of rotatable bonds is 16. The number of aryl methyl sites for hydroxylation is 1. The lowest BCUT2D eigenvalue weighted by molar-refractivity contribution is -0.116. The van der Waals surface area contributed by atoms with Crippen molar-refractivity contribution in [2.24, 2.45) is 0 Å². The summed E-state index contributed by atoms with van der Waals surface area (Å²) < 4.78 is 0. The first-order chi connectivity index (χ1) is 13.6. The summed E-state index contributed by atoms with van der Waals surface area (Å²) in [5.41, 5.74) is 1.53. The van der Waals surface area contributed by atoms with E-state index < -0.39 is 0 Å². The Morgan fingerprint density at radius 3 is 2.11 bits per heavy atom. The number of carbonyl (C=O) groups is 1. The summed E-state index contributed by atoms with van der Waals surface area (Å²) in [5.74, 6) is 0.113. The zero-order valence-electron chi connectivity index (χ0n) is 18.1. The first-order valence-electron chi connectivity index (χ1n) is 11.4. The van der Waals surface area contributed by atoms with E-state index in [1.165, 1.54) is 70.6 Å². The molecule has 1 aromatic rings. The van der Waals surface area contributed by atoms with Crippen molar-refractivity contribution in [2.45, 2.75) is 104 Å². The third kappa shape index (κ3) is 12.6. The largest absolute Gasteiger partial charge is 0.506 e. The van der Waals surface area contributed by atoms with Crippen LogP contribution in [0.2, 0.25) is 0 Å². The Morgan fingerprint density at radius 2 is 1.46 bits per heavy atom. The molecule has 0 bridgehead atoms. The van der Waals surface area contributed by atoms with Crippen LogP contribution < -0.4 is 5.32 Å². The highest BCUT2D eigenvalue weighted by Gasteiger charge is 2.06. The van der Waals surface area contributed by atoms with E-state index >= 15 is 0 Å². The number of phenols is 1. The van der Waals surface area contributed by atoms with Gasteiger partial charge in [0.15, 0.2) is 0 Å². The number of hydrogen-bond acceptors (Lipinski definition) is 2. The van der Waals surface area contributed by atoms with E-state index in [2.05, 4.69) is 24.4 Å². The van der Waals surface area contributed by atoms with Gasteiger partial charge < -0.3 is 10.4 Å². The summed E-state index contributed by atoms with van der Waals surface area (Å²) in [5, 5.41) is 12.6. The molecule has 0 aliphatic rings. The average molecular weight is 388 g/mol. The summed E-state index contributed by atoms with van der Waals surface area (Å²) in [7, 11) is 0. The number of benzene rings is 1. The predicted molar refractivity (Wildman–Crippen MR) is 121 cm³/mol. The molecule has 0 saturated heterocycles. The zero-order valence-corrected chi connectivity index (χ0v) is 18.1. The summed E-state index contributed by atoms with van der Waals surface area (Å²) in [6.07, 6.45) is 21.5. The van der Waals surface area contributed by atoms with Gasteiger partial charge in [-0.05, 0) is 56.7 Å². The third-order valence-electron chi connectivity index (χ3n) is 5.09. The Balaban J connectivity index is 1.93. The molecule has 1 aromatic carbocycles. The van der Waals surface area contributed by atoms with Crippen LogP contribution in [0.15, 0.2) is 30.4 Å². The molecule has 2 N–H and O–H groups in total. The zero-order chi connectivity index (χ0) is 20.5. The molecule has 0 aliphatic heterocycles. The van der Waals surface area contributed by atoms with Gasteiger partial charge in [0.25, 0.3) is 0 Å². The maximum Gasteiger partial charge on any atom is 0.224 e. The van der Waals surface area contributed by atoms with Crippen LogP contribution in [-0.4, -0.2) is 11.0 Å². The number of carbonyl (C=O) groups excluding carboxylic acids is 1. The van der Waals surface area contributed by atoms with E-state index in [-0.39, 0.29) is 11.7 Å². The molecule has 28 heavy (non-hydrogen) atoms. The second-order valence-electron chi connectivity index (χ2n) is 7.90. The smallest absolute Gasteiger partial charge is 0.224 e. The Labute approximate surface area is 172 Å². The van der Waals surface area contributed by atoms with Crippen molar-refractivity contribution in [1.82, 2.24) is 0 Å². The highest BCUT2D eigenvalue weighted by Crippen LogP contribution is 2.24. The number of aromatic hydroxyl groups is 1. The van der Waals surface area contributed by atoms with Crippen molar-refractivity contribution in [1.29, 1.82) is 0 Å². The van der Waals surface area contributed by atoms with Crippen LogP contribution in [0.1, 0.15) is 102 Å². The molecule has 3 nitrogen and oxygen atoms in total. The van der Waals surface area contributed by atoms with Gasteiger partial charge in [-0.1, -0.05) is 76.5 Å². The molecule has 1 rings (SSSR count). The summed E-state index contributed by atoms with van der Waals surface area (Å²) in [6, 6.07) is 5.25. The molecule has 0 aliphatic carbocycles. The third-order valence-corrected chi connectivity index (χ3v) is 5.09. The van der Waals surface area contributed by atoms with Gasteiger partial charge >= 0.3 is 0 Å². The number of nitrogens with one attached hydrogen (secondary N) is 1. The van der Waals surface area contributed by atoms with Gasteiger partial charge in [0, 0.05) is 6.42 Å². The molecule has 3 heteroatoms. The van der Waals surface area contributed by atoms with Crippen molar-refractivity contribution < 1.29 is 9.90 Å². The molecule has 0 spiro atoms. The van der Waals surface area contributed by atoms with E-state index in [1.54, 1.807) is 12.1 Å². The highest BCUT2D eigenvalue weighted by molar-refractivity contribution is 5.92. The molecular formula is C25H41NO2. The maximum absolute atomic E-state index is 12.0. The number of phenolic OH excluding ortho intramolecular Hbond substituents is 1. The quantitative estimate of drug-likeness (QED) is 0.174. The fraction of sp³-hybridized carbons (Fsp3) is 0.640. The average Bonchev–Trinajstić information content (AvgIpc) is 2.67. The Bertz CT molecular complexity index is 566. The predicted octanol–water partition coefficient (Wildman–Crippen LogP) is 7.68. The minimum atomic E-state index is -0.0153. The van der Waals surface area contributed by atoms with Crippen LogP contribution in [0.25, 0.3) is 0 Å². The monoisotopic (exact) mass is 387 g/mol. The lowest BCUT2D eigenvalue weighted by Crippen LogP contribution is -2.11. The molecule has 1 amide bonds. The van der Waals surface area contributed by atoms with Gasteiger partial charge in [0.05, 0.1) is 5.69 Å². The van der Waals surface area contributed by atoms with Gasteiger partial charge in [-0.3, -0.25) is 4.79 Å². The molecule has 0 unspecified atom stereocenters. The second-order valence-corrected chi connectivity index (χ2v) is 7.90. The molecule has 0 fully saturated rings. The Morgan fingerprint density at radius 1 is 0.893 bits per heavy atom. The van der Waals surface area contributed by atoms with E-state index in [4.69, 9.17) is 0 Å². The highest BCUT2D eigenvalue weighted by atomic mass is 16.3. The first-order valence-corrected chi connectivity index (χ1v) is 11.4. The molecule has 0 radical (unpaired) electrons. The van der Waals surface area contributed by atoms with E-state index in [0.29, 0.717) is 12.1 Å². The van der Waals surface area contributed by atoms with Crippen LogP contribution in [0.4, 0.5) is 5.69 Å². The van der Waals surface area contributed by atoms with Crippen LogP contribution in [0, 0.1) is 6.92 Å². The summed E-state index contributed by atoms with van der Waals surface area (Å²) in [4.78, 5) is 12.0. The lowest BCUT2D eigenvalue weighted by Gasteiger charge is -2.08. The maximum atomic E-state index is 12.0. The van der Waals surface area contributed by atoms with Crippen molar-refractivity contribution in [3.63, 3.8) is 0 Å². The minimum Gasteiger partial charge on any atom is -0.506 e. The van der Waals surface area contributed by atoms with E-state index in [1.807, 2.05) is 13.0 Å². The van der Waals surface area contributed by atoms with Crippen molar-refractivity contribution in [2.75, 3.05) is 5.32 Å². The van der Waals surface area contributed by atoms with Crippen molar-refractivity contribution in [3.8, 4) is 5.75 Å². The molecule has 0 atom stereocenters. The number of anilines is 1. The molecule has 0 heterocycles. The van der Waals surface area contributed by atoms with Crippen LogP contribution >= 0.6 is 0 Å². The number of hydrogen-bond donors (Lipinski definition) is 2. The fourth-order valence-electron chi connectivity index (χ4n) is 3.32.